The molecule has 0 aromatic heterocycles. The van der Waals surface area contributed by atoms with E-state index in [0.717, 1.165) is 0 Å². The molecule has 0 spiro atoms. The van der Waals surface area contributed by atoms with Crippen LogP contribution in [-0.4, -0.2) is 19.1 Å². The van der Waals surface area contributed by atoms with Gasteiger partial charge in [0.15, 0.2) is 0 Å². The Kier molecular flexibility index (Phi) is 8.69. The Bertz CT molecular complexity index is 131. The van der Waals surface area contributed by atoms with E-state index in [9.17, 15) is 4.79 Å². The average molecular weight is 197 g/mol. The second-order valence-corrected chi connectivity index (χ2v) is 2.87. The molecule has 0 radical (unpaired) electrons. The number of carbonyl (C=O) groups excluding carboxylic acids is 1. The Morgan fingerprint density at radius 1 is 1.58 bits per heavy atom. The number of nitrogens with one attached hydrogen (secondary N) is 1. The zero-order valence-corrected chi connectivity index (χ0v) is 8.48. The molecule has 0 unspecified atom stereocenters. The van der Waals surface area contributed by atoms with Crippen LogP contribution in [0, 0.1) is 5.92 Å². The molecule has 12 heavy (non-hydrogen) atoms. The molecule has 0 saturated heterocycles. The highest BCUT2D eigenvalue weighted by Gasteiger charge is 2.17. The zero-order chi connectivity index (χ0) is 8.85. The van der Waals surface area contributed by atoms with Gasteiger partial charge in [0, 0.05) is 0 Å². The van der Waals surface area contributed by atoms with E-state index >= 15 is 0 Å². The average Bonchev–Trinajstić information content (AvgIpc) is 1.98. The lowest BCUT2D eigenvalue weighted by atomic mass is 10.0. The molecule has 0 amide bonds. The fraction of sp³-hybridized carbons (Fsp3) is 0.857. The molecule has 0 aliphatic rings. The van der Waals surface area contributed by atoms with Crippen molar-refractivity contribution in [1.29, 1.82) is 0 Å². The molecule has 0 aliphatic carbocycles. The SMILES string of the molecule is COC(=O)[C@@H](CC(C)C)NN.Cl. The van der Waals surface area contributed by atoms with Gasteiger partial charge in [-0.2, -0.15) is 0 Å². The number of hydrazine groups is 1. The third-order valence-electron chi connectivity index (χ3n) is 1.39. The highest BCUT2D eigenvalue weighted by molar-refractivity contribution is 5.85. The van der Waals surface area contributed by atoms with Crippen LogP contribution < -0.4 is 11.3 Å². The van der Waals surface area contributed by atoms with Crippen molar-refractivity contribution in [2.75, 3.05) is 7.11 Å². The molecule has 3 N–H and O–H groups in total. The summed E-state index contributed by atoms with van der Waals surface area (Å²) >= 11 is 0. The van der Waals surface area contributed by atoms with E-state index in [4.69, 9.17) is 5.84 Å². The lowest BCUT2D eigenvalue weighted by molar-refractivity contribution is -0.143. The van der Waals surface area contributed by atoms with Crippen LogP contribution in [-0.2, 0) is 9.53 Å². The van der Waals surface area contributed by atoms with Gasteiger partial charge in [0.1, 0.15) is 6.04 Å². The molecule has 5 heteroatoms. The lowest BCUT2D eigenvalue weighted by Gasteiger charge is -2.14. The quantitative estimate of drug-likeness (QED) is 0.390. The molecular formula is C7H17ClN2O2. The van der Waals surface area contributed by atoms with Gasteiger partial charge in [0.25, 0.3) is 0 Å². The molecule has 74 valence electrons. The maximum absolute atomic E-state index is 10.9. The first-order valence-electron chi connectivity index (χ1n) is 3.65. The first kappa shape index (κ1) is 14.2. The molecule has 4 nitrogen and oxygen atoms in total. The van der Waals surface area contributed by atoms with Crippen molar-refractivity contribution in [2.24, 2.45) is 11.8 Å². The van der Waals surface area contributed by atoms with Gasteiger partial charge in [-0.1, -0.05) is 13.8 Å². The van der Waals surface area contributed by atoms with Crippen molar-refractivity contribution in [3.8, 4) is 0 Å². The number of carbonyl (C=O) groups is 1. The topological polar surface area (TPSA) is 64.3 Å². The van der Waals surface area contributed by atoms with E-state index in [-0.39, 0.29) is 24.4 Å². The van der Waals surface area contributed by atoms with Gasteiger partial charge in [0.2, 0.25) is 0 Å². The Morgan fingerprint density at radius 2 is 2.08 bits per heavy atom. The number of hydrogen-bond acceptors (Lipinski definition) is 4. The van der Waals surface area contributed by atoms with Crippen molar-refractivity contribution in [3.63, 3.8) is 0 Å². The standard InChI is InChI=1S/C7H16N2O2.ClH/c1-5(2)4-6(9-8)7(10)11-3;/h5-6,9H,4,8H2,1-3H3;1H/t6-;/m1./s1. The normalized spacial score (nSPS) is 12.1. The second-order valence-electron chi connectivity index (χ2n) is 2.87. The highest BCUT2D eigenvalue weighted by atomic mass is 35.5. The molecule has 0 heterocycles. The van der Waals surface area contributed by atoms with Crippen LogP contribution in [0.4, 0.5) is 0 Å². The number of hydrogen-bond donors (Lipinski definition) is 2. The summed E-state index contributed by atoms with van der Waals surface area (Å²) in [6.07, 6.45) is 0.698. The van der Waals surface area contributed by atoms with E-state index in [1.165, 1.54) is 7.11 Å². The van der Waals surface area contributed by atoms with Crippen LogP contribution in [0.3, 0.4) is 0 Å². The fourth-order valence-corrected chi connectivity index (χ4v) is 0.846. The van der Waals surface area contributed by atoms with Crippen molar-refractivity contribution < 1.29 is 9.53 Å². The van der Waals surface area contributed by atoms with Crippen LogP contribution in [0.5, 0.6) is 0 Å². The van der Waals surface area contributed by atoms with Crippen LogP contribution in [0.1, 0.15) is 20.3 Å². The molecule has 0 rings (SSSR count). The summed E-state index contributed by atoms with van der Waals surface area (Å²) in [5.41, 5.74) is 2.41. The van der Waals surface area contributed by atoms with E-state index in [1.807, 2.05) is 13.8 Å². The zero-order valence-electron chi connectivity index (χ0n) is 7.66. The summed E-state index contributed by atoms with van der Waals surface area (Å²) in [6.45, 7) is 4.04. The molecule has 1 atom stereocenters. The molecule has 0 aromatic carbocycles. The molecular weight excluding hydrogens is 180 g/mol. The van der Waals surface area contributed by atoms with Gasteiger partial charge < -0.3 is 4.74 Å². The van der Waals surface area contributed by atoms with E-state index < -0.39 is 0 Å². The van der Waals surface area contributed by atoms with E-state index in [2.05, 4.69) is 10.2 Å². The van der Waals surface area contributed by atoms with Crippen molar-refractivity contribution >= 4 is 18.4 Å². The Morgan fingerprint density at radius 3 is 2.33 bits per heavy atom. The minimum Gasteiger partial charge on any atom is -0.468 e. The smallest absolute Gasteiger partial charge is 0.324 e. The number of nitrogens with two attached hydrogens (primary N) is 1. The highest BCUT2D eigenvalue weighted by Crippen LogP contribution is 2.04. The molecule has 0 fully saturated rings. The maximum atomic E-state index is 10.9. The number of ether oxygens (including phenoxy) is 1. The van der Waals surface area contributed by atoms with E-state index in [1.54, 1.807) is 0 Å². The minimum absolute atomic E-state index is 0. The summed E-state index contributed by atoms with van der Waals surface area (Å²) in [6, 6.07) is -0.375. The first-order chi connectivity index (χ1) is 5.11. The number of methoxy groups -OCH3 is 1. The number of rotatable bonds is 4. The van der Waals surface area contributed by atoms with Gasteiger partial charge in [-0.15, -0.1) is 12.4 Å². The Labute approximate surface area is 79.2 Å². The Hall–Kier alpha value is -0.320. The predicted octanol–water partition coefficient (Wildman–Crippen LogP) is 0.459. The number of esters is 1. The molecule has 0 saturated carbocycles. The van der Waals surface area contributed by atoms with Crippen LogP contribution in [0.25, 0.3) is 0 Å². The maximum Gasteiger partial charge on any atom is 0.324 e. The van der Waals surface area contributed by atoms with Crippen molar-refractivity contribution in [2.45, 2.75) is 26.3 Å². The molecule has 0 aromatic rings. The van der Waals surface area contributed by atoms with Gasteiger partial charge >= 0.3 is 5.97 Å². The third kappa shape index (κ3) is 5.35. The van der Waals surface area contributed by atoms with E-state index in [0.29, 0.717) is 12.3 Å². The van der Waals surface area contributed by atoms with Crippen molar-refractivity contribution in [1.82, 2.24) is 5.43 Å². The van der Waals surface area contributed by atoms with Crippen LogP contribution in [0.15, 0.2) is 0 Å². The van der Waals surface area contributed by atoms with Crippen LogP contribution in [0.2, 0.25) is 0 Å². The number of halogens is 1. The second kappa shape index (κ2) is 7.34. The molecule has 0 aliphatic heterocycles. The Balaban J connectivity index is 0. The van der Waals surface area contributed by atoms with Gasteiger partial charge in [-0.3, -0.25) is 10.6 Å². The monoisotopic (exact) mass is 196 g/mol. The van der Waals surface area contributed by atoms with Gasteiger partial charge in [0.05, 0.1) is 7.11 Å². The summed E-state index contributed by atoms with van der Waals surface area (Å²) in [7, 11) is 1.35. The summed E-state index contributed by atoms with van der Waals surface area (Å²) in [4.78, 5) is 10.9. The van der Waals surface area contributed by atoms with Gasteiger partial charge in [-0.05, 0) is 12.3 Å². The van der Waals surface area contributed by atoms with Crippen molar-refractivity contribution in [3.05, 3.63) is 0 Å². The van der Waals surface area contributed by atoms with Gasteiger partial charge in [-0.25, -0.2) is 5.43 Å². The third-order valence-corrected chi connectivity index (χ3v) is 1.39. The fourth-order valence-electron chi connectivity index (χ4n) is 0.846. The summed E-state index contributed by atoms with van der Waals surface area (Å²) in [5, 5.41) is 0. The van der Waals surface area contributed by atoms with Crippen LogP contribution >= 0.6 is 12.4 Å². The summed E-state index contributed by atoms with van der Waals surface area (Å²) in [5.74, 6) is 5.27. The largest absolute Gasteiger partial charge is 0.468 e. The minimum atomic E-state index is -0.375. The summed E-state index contributed by atoms with van der Waals surface area (Å²) < 4.78 is 4.52. The predicted molar refractivity (Wildman–Crippen MR) is 49.8 cm³/mol. The first-order valence-corrected chi connectivity index (χ1v) is 3.65. The molecule has 0 bridgehead atoms. The lowest BCUT2D eigenvalue weighted by Crippen LogP contribution is -2.42.